The Morgan fingerprint density at radius 3 is 2.95 bits per heavy atom. The number of nitrogens with zero attached hydrogens (tertiary/aromatic N) is 2. The maximum atomic E-state index is 12.1. The van der Waals surface area contributed by atoms with E-state index in [2.05, 4.69) is 27.7 Å². The maximum absolute atomic E-state index is 12.1. The summed E-state index contributed by atoms with van der Waals surface area (Å²) in [6, 6.07) is 2.33. The zero-order valence-corrected chi connectivity index (χ0v) is 11.9. The normalized spacial score (nSPS) is 15.6. The molecule has 1 heterocycles. The summed E-state index contributed by atoms with van der Waals surface area (Å²) in [5, 5.41) is 2.92. The van der Waals surface area contributed by atoms with Crippen molar-refractivity contribution in [3.8, 4) is 0 Å². The number of hydrogen-bond donors (Lipinski definition) is 3. The van der Waals surface area contributed by atoms with Crippen LogP contribution in [0, 0.1) is 0 Å². The minimum absolute atomic E-state index is 0.125. The van der Waals surface area contributed by atoms with E-state index in [1.54, 1.807) is 18.5 Å². The Morgan fingerprint density at radius 1 is 1.50 bits per heavy atom. The number of anilines is 1. The highest BCUT2D eigenvalue weighted by Gasteiger charge is 2.19. The largest absolute Gasteiger partial charge is 0.351 e. The summed E-state index contributed by atoms with van der Waals surface area (Å²) in [5.74, 6) is 5.24. The molecule has 0 radical (unpaired) electrons. The summed E-state index contributed by atoms with van der Waals surface area (Å²) >= 11 is 0. The summed E-state index contributed by atoms with van der Waals surface area (Å²) in [4.78, 5) is 18.3. The smallest absolute Gasteiger partial charge is 0.253 e. The van der Waals surface area contributed by atoms with Gasteiger partial charge in [0, 0.05) is 25.3 Å². The molecule has 1 aromatic heterocycles. The Hall–Kier alpha value is -1.66. The average Bonchev–Trinajstić information content (AvgIpc) is 3.01. The number of carbonyl (C=O) groups is 1. The van der Waals surface area contributed by atoms with Gasteiger partial charge in [-0.3, -0.25) is 15.6 Å². The highest BCUT2D eigenvalue weighted by Crippen LogP contribution is 2.21. The van der Waals surface area contributed by atoms with Gasteiger partial charge in [-0.15, -0.1) is 0 Å². The summed E-state index contributed by atoms with van der Waals surface area (Å²) in [5.41, 5.74) is 3.54. The van der Waals surface area contributed by atoms with E-state index in [9.17, 15) is 4.79 Å². The molecule has 0 aromatic carbocycles. The molecule has 1 fully saturated rings. The first-order valence-corrected chi connectivity index (χ1v) is 7.11. The van der Waals surface area contributed by atoms with Gasteiger partial charge in [0.05, 0.1) is 17.4 Å². The monoisotopic (exact) mass is 277 g/mol. The number of amides is 1. The van der Waals surface area contributed by atoms with Gasteiger partial charge in [-0.1, -0.05) is 12.8 Å². The van der Waals surface area contributed by atoms with Gasteiger partial charge in [-0.25, -0.2) is 0 Å². The quantitative estimate of drug-likeness (QED) is 0.533. The van der Waals surface area contributed by atoms with Gasteiger partial charge in [0.25, 0.3) is 5.91 Å². The molecule has 0 unspecified atom stereocenters. The Labute approximate surface area is 119 Å². The van der Waals surface area contributed by atoms with Crippen LogP contribution < -0.4 is 16.6 Å². The predicted molar refractivity (Wildman–Crippen MR) is 79.3 cm³/mol. The number of pyridine rings is 1. The van der Waals surface area contributed by atoms with Crippen LogP contribution in [-0.2, 0) is 0 Å². The van der Waals surface area contributed by atoms with E-state index < -0.39 is 0 Å². The molecule has 1 aromatic rings. The van der Waals surface area contributed by atoms with Gasteiger partial charge in [0.2, 0.25) is 0 Å². The lowest BCUT2D eigenvalue weighted by Crippen LogP contribution is -2.37. The van der Waals surface area contributed by atoms with Crippen molar-refractivity contribution in [1.29, 1.82) is 0 Å². The summed E-state index contributed by atoms with van der Waals surface area (Å²) in [6.07, 6.45) is 8.32. The van der Waals surface area contributed by atoms with Crippen LogP contribution in [-0.4, -0.2) is 42.0 Å². The molecule has 0 atom stereocenters. The molecule has 0 saturated heterocycles. The second kappa shape index (κ2) is 7.21. The van der Waals surface area contributed by atoms with Gasteiger partial charge in [0.15, 0.2) is 0 Å². The highest BCUT2D eigenvalue weighted by atomic mass is 16.1. The molecule has 110 valence electrons. The van der Waals surface area contributed by atoms with E-state index in [1.165, 1.54) is 25.7 Å². The summed E-state index contributed by atoms with van der Waals surface area (Å²) in [6.45, 7) is 1.51. The Morgan fingerprint density at radius 2 is 2.25 bits per heavy atom. The van der Waals surface area contributed by atoms with Crippen LogP contribution in [0.2, 0.25) is 0 Å². The van der Waals surface area contributed by atoms with Crippen LogP contribution in [0.5, 0.6) is 0 Å². The lowest BCUT2D eigenvalue weighted by molar-refractivity contribution is 0.0948. The molecule has 6 nitrogen and oxygen atoms in total. The van der Waals surface area contributed by atoms with Gasteiger partial charge < -0.3 is 15.6 Å². The number of nitrogens with one attached hydrogen (secondary N) is 2. The maximum Gasteiger partial charge on any atom is 0.253 e. The van der Waals surface area contributed by atoms with Crippen LogP contribution in [0.25, 0.3) is 0 Å². The van der Waals surface area contributed by atoms with Crippen molar-refractivity contribution < 1.29 is 4.79 Å². The van der Waals surface area contributed by atoms with E-state index in [1.807, 2.05) is 0 Å². The third-order valence-corrected chi connectivity index (χ3v) is 3.92. The minimum atomic E-state index is -0.125. The number of likely N-dealkylation sites (N-methyl/N-ethyl adjacent to an activating group) is 1. The molecule has 4 N–H and O–H groups in total. The van der Waals surface area contributed by atoms with Gasteiger partial charge in [-0.05, 0) is 26.0 Å². The van der Waals surface area contributed by atoms with Crippen molar-refractivity contribution in [3.63, 3.8) is 0 Å². The number of carbonyl (C=O) groups excluding carboxylic acids is 1. The number of aromatic nitrogens is 1. The van der Waals surface area contributed by atoms with Gasteiger partial charge in [-0.2, -0.15) is 0 Å². The van der Waals surface area contributed by atoms with Crippen LogP contribution in [0.3, 0.4) is 0 Å². The molecular weight excluding hydrogens is 254 g/mol. The van der Waals surface area contributed by atoms with E-state index in [4.69, 9.17) is 5.84 Å². The van der Waals surface area contributed by atoms with E-state index in [0.717, 1.165) is 6.54 Å². The third-order valence-electron chi connectivity index (χ3n) is 3.92. The van der Waals surface area contributed by atoms with Crippen molar-refractivity contribution in [2.24, 2.45) is 5.84 Å². The second-order valence-corrected chi connectivity index (χ2v) is 5.24. The second-order valence-electron chi connectivity index (χ2n) is 5.24. The molecule has 1 aliphatic carbocycles. The fourth-order valence-electron chi connectivity index (χ4n) is 2.68. The molecule has 1 amide bonds. The average molecular weight is 277 g/mol. The van der Waals surface area contributed by atoms with Crippen LogP contribution in [0.1, 0.15) is 36.0 Å². The van der Waals surface area contributed by atoms with Crippen LogP contribution in [0.4, 0.5) is 5.69 Å². The van der Waals surface area contributed by atoms with Gasteiger partial charge >= 0.3 is 0 Å². The number of nitrogen functional groups attached to an aromatic ring is 1. The SMILES string of the molecule is CN(CCNC(=O)c1ccncc1NN)C1CCCC1. The molecule has 20 heavy (non-hydrogen) atoms. The van der Waals surface area contributed by atoms with Crippen molar-refractivity contribution in [2.45, 2.75) is 31.7 Å². The van der Waals surface area contributed by atoms with Crippen molar-refractivity contribution >= 4 is 11.6 Å². The zero-order valence-electron chi connectivity index (χ0n) is 11.9. The molecule has 0 bridgehead atoms. The molecule has 0 spiro atoms. The van der Waals surface area contributed by atoms with Crippen molar-refractivity contribution in [2.75, 3.05) is 25.6 Å². The minimum Gasteiger partial charge on any atom is -0.351 e. The first-order chi connectivity index (χ1) is 9.72. The predicted octanol–water partition coefficient (Wildman–Crippen LogP) is 0.971. The lowest BCUT2D eigenvalue weighted by Gasteiger charge is -2.24. The molecule has 6 heteroatoms. The first-order valence-electron chi connectivity index (χ1n) is 7.11. The van der Waals surface area contributed by atoms with Gasteiger partial charge in [0.1, 0.15) is 0 Å². The Balaban J connectivity index is 1.80. The van der Waals surface area contributed by atoms with Crippen LogP contribution in [0.15, 0.2) is 18.5 Å². The highest BCUT2D eigenvalue weighted by molar-refractivity contribution is 5.99. The molecule has 0 aliphatic heterocycles. The first kappa shape index (κ1) is 14.7. The fourth-order valence-corrected chi connectivity index (χ4v) is 2.68. The van der Waals surface area contributed by atoms with E-state index >= 15 is 0 Å². The lowest BCUT2D eigenvalue weighted by atomic mass is 10.2. The number of hydrazine groups is 1. The zero-order chi connectivity index (χ0) is 14.4. The van der Waals surface area contributed by atoms with Crippen LogP contribution >= 0.6 is 0 Å². The number of rotatable bonds is 6. The fraction of sp³-hybridized carbons (Fsp3) is 0.571. The topological polar surface area (TPSA) is 83.3 Å². The number of hydrogen-bond acceptors (Lipinski definition) is 5. The van der Waals surface area contributed by atoms with Crippen molar-refractivity contribution in [3.05, 3.63) is 24.0 Å². The molecule has 1 aliphatic rings. The Bertz CT molecular complexity index is 445. The Kier molecular flexibility index (Phi) is 5.31. The molecule has 2 rings (SSSR count). The number of nitrogens with two attached hydrogens (primary N) is 1. The summed E-state index contributed by atoms with van der Waals surface area (Å²) < 4.78 is 0. The third kappa shape index (κ3) is 3.68. The molecular formula is C14H23N5O. The molecule has 1 saturated carbocycles. The van der Waals surface area contributed by atoms with E-state index in [0.29, 0.717) is 23.8 Å². The van der Waals surface area contributed by atoms with E-state index in [-0.39, 0.29) is 5.91 Å². The van der Waals surface area contributed by atoms with Crippen molar-refractivity contribution in [1.82, 2.24) is 15.2 Å². The summed E-state index contributed by atoms with van der Waals surface area (Å²) in [7, 11) is 2.13. The standard InChI is InChI=1S/C14H23N5O/c1-19(11-4-2-3-5-11)9-8-17-14(20)12-6-7-16-10-13(12)18-15/h6-7,10-11,18H,2-5,8-9,15H2,1H3,(H,17,20).